The van der Waals surface area contributed by atoms with Crippen molar-refractivity contribution in [2.24, 2.45) is 7.05 Å². The fourth-order valence-electron chi connectivity index (χ4n) is 3.80. The standard InChI is InChI=1S/C19H20ClN5O3/c1-11-17-13(14-7-12(20)3-4-15(14)22-17)5-6-25(11)19(28-10-26)18(27)23-16-8-24(2)9-21-16/h3-4,7-11,19,22H,5-6H2,1-2H3,(H,23,27). The van der Waals surface area contributed by atoms with Crippen LogP contribution in [0.3, 0.4) is 0 Å². The number of fused-ring (bicyclic) bond motifs is 3. The number of H-pyrrole nitrogens is 1. The molecule has 1 aromatic carbocycles. The van der Waals surface area contributed by atoms with E-state index >= 15 is 0 Å². The highest BCUT2D eigenvalue weighted by Crippen LogP contribution is 2.36. The summed E-state index contributed by atoms with van der Waals surface area (Å²) in [5, 5.41) is 4.46. The minimum absolute atomic E-state index is 0.158. The van der Waals surface area contributed by atoms with E-state index in [1.54, 1.807) is 24.1 Å². The molecule has 1 aliphatic heterocycles. The van der Waals surface area contributed by atoms with Gasteiger partial charge >= 0.3 is 0 Å². The van der Waals surface area contributed by atoms with Crippen LogP contribution in [0.15, 0.2) is 30.7 Å². The summed E-state index contributed by atoms with van der Waals surface area (Å²) in [7, 11) is 1.80. The van der Waals surface area contributed by atoms with Crippen molar-refractivity contribution >= 4 is 40.7 Å². The lowest BCUT2D eigenvalue weighted by molar-refractivity contribution is -0.157. The van der Waals surface area contributed by atoms with E-state index in [1.165, 1.54) is 5.56 Å². The van der Waals surface area contributed by atoms with E-state index < -0.39 is 12.1 Å². The molecule has 0 aliphatic carbocycles. The molecule has 2 aromatic heterocycles. The predicted molar refractivity (Wildman–Crippen MR) is 105 cm³/mol. The van der Waals surface area contributed by atoms with Gasteiger partial charge in [0.05, 0.1) is 12.4 Å². The van der Waals surface area contributed by atoms with E-state index in [0.29, 0.717) is 30.3 Å². The molecule has 0 fully saturated rings. The van der Waals surface area contributed by atoms with Gasteiger partial charge in [-0.3, -0.25) is 14.5 Å². The van der Waals surface area contributed by atoms with Gasteiger partial charge in [-0.15, -0.1) is 0 Å². The molecule has 0 spiro atoms. The SMILES string of the molecule is CC1c2[nH]c3ccc(Cl)cc3c2CCN1C(OC=O)C(=O)Nc1cn(C)cn1. The first-order valence-corrected chi connectivity index (χ1v) is 9.29. The number of imidazole rings is 1. The Morgan fingerprint density at radius 2 is 2.32 bits per heavy atom. The quantitative estimate of drug-likeness (QED) is 0.641. The van der Waals surface area contributed by atoms with Crippen LogP contribution in [-0.2, 0) is 27.8 Å². The lowest BCUT2D eigenvalue weighted by atomic mass is 9.98. The van der Waals surface area contributed by atoms with Gasteiger partial charge in [-0.05, 0) is 37.1 Å². The van der Waals surface area contributed by atoms with Gasteiger partial charge in [0.2, 0.25) is 6.23 Å². The maximum Gasteiger partial charge on any atom is 0.295 e. The number of rotatable bonds is 5. The molecule has 2 N–H and O–H groups in total. The molecular formula is C19H20ClN5O3. The monoisotopic (exact) mass is 401 g/mol. The highest BCUT2D eigenvalue weighted by Gasteiger charge is 2.36. The molecule has 28 heavy (non-hydrogen) atoms. The second-order valence-electron chi connectivity index (χ2n) is 6.87. The maximum atomic E-state index is 12.8. The Labute approximate surface area is 166 Å². The van der Waals surface area contributed by atoms with Crippen LogP contribution in [0, 0.1) is 0 Å². The normalized spacial score (nSPS) is 17.9. The van der Waals surface area contributed by atoms with Crippen molar-refractivity contribution in [3.8, 4) is 0 Å². The number of hydrogen-bond donors (Lipinski definition) is 2. The second kappa shape index (κ2) is 7.29. The summed E-state index contributed by atoms with van der Waals surface area (Å²) in [4.78, 5) is 33.2. The molecule has 0 saturated carbocycles. The number of aromatic nitrogens is 3. The van der Waals surface area contributed by atoms with Crippen LogP contribution in [0.5, 0.6) is 0 Å². The van der Waals surface area contributed by atoms with E-state index in [4.69, 9.17) is 16.3 Å². The van der Waals surface area contributed by atoms with Gasteiger partial charge in [0.25, 0.3) is 12.4 Å². The second-order valence-corrected chi connectivity index (χ2v) is 7.31. The average Bonchev–Trinajstić information content (AvgIpc) is 3.24. The molecule has 0 saturated heterocycles. The van der Waals surface area contributed by atoms with Crippen molar-refractivity contribution in [3.05, 3.63) is 47.0 Å². The van der Waals surface area contributed by atoms with Gasteiger partial charge < -0.3 is 19.6 Å². The number of nitrogens with zero attached hydrogens (tertiary/aromatic N) is 3. The van der Waals surface area contributed by atoms with Crippen molar-refractivity contribution < 1.29 is 14.3 Å². The number of anilines is 1. The first kappa shape index (κ1) is 18.5. The third kappa shape index (κ3) is 3.25. The number of nitrogens with one attached hydrogen (secondary N) is 2. The summed E-state index contributed by atoms with van der Waals surface area (Å²) in [6, 6.07) is 5.57. The maximum absolute atomic E-state index is 12.8. The average molecular weight is 402 g/mol. The van der Waals surface area contributed by atoms with E-state index in [0.717, 1.165) is 16.6 Å². The summed E-state index contributed by atoms with van der Waals surface area (Å²) in [5.41, 5.74) is 3.17. The van der Waals surface area contributed by atoms with Crippen molar-refractivity contribution in [2.45, 2.75) is 25.6 Å². The summed E-state index contributed by atoms with van der Waals surface area (Å²) in [6.07, 6.45) is 2.90. The molecule has 0 radical (unpaired) electrons. The van der Waals surface area contributed by atoms with Crippen LogP contribution in [-0.4, -0.2) is 44.6 Å². The largest absolute Gasteiger partial charge is 0.439 e. The fraction of sp³-hybridized carbons (Fsp3) is 0.316. The van der Waals surface area contributed by atoms with Crippen LogP contribution < -0.4 is 5.32 Å². The van der Waals surface area contributed by atoms with Crippen molar-refractivity contribution in [3.63, 3.8) is 0 Å². The summed E-state index contributed by atoms with van der Waals surface area (Å²) < 4.78 is 6.88. The minimum atomic E-state index is -1.06. The number of hydrogen-bond acceptors (Lipinski definition) is 5. The highest BCUT2D eigenvalue weighted by atomic mass is 35.5. The zero-order valence-corrected chi connectivity index (χ0v) is 16.2. The number of aromatic amines is 1. The number of carbonyl (C=O) groups is 2. The number of ether oxygens (including phenoxy) is 1. The van der Waals surface area contributed by atoms with Crippen LogP contribution in [0.2, 0.25) is 5.02 Å². The smallest absolute Gasteiger partial charge is 0.295 e. The van der Waals surface area contributed by atoms with Crippen molar-refractivity contribution in [2.75, 3.05) is 11.9 Å². The summed E-state index contributed by atoms with van der Waals surface area (Å²) in [6.45, 7) is 2.84. The predicted octanol–water partition coefficient (Wildman–Crippen LogP) is 2.61. The Bertz CT molecular complexity index is 1040. The van der Waals surface area contributed by atoms with E-state index in [2.05, 4.69) is 15.3 Å². The molecule has 2 atom stereocenters. The topological polar surface area (TPSA) is 92.2 Å². The lowest BCUT2D eigenvalue weighted by Crippen LogP contribution is -2.49. The zero-order valence-electron chi connectivity index (χ0n) is 15.5. The van der Waals surface area contributed by atoms with Gasteiger partial charge in [0, 0.05) is 41.4 Å². The Kier molecular flexibility index (Phi) is 4.82. The van der Waals surface area contributed by atoms with Gasteiger partial charge in [0.15, 0.2) is 5.82 Å². The van der Waals surface area contributed by atoms with Gasteiger partial charge in [-0.1, -0.05) is 11.6 Å². The van der Waals surface area contributed by atoms with Crippen molar-refractivity contribution in [1.82, 2.24) is 19.4 Å². The molecule has 0 bridgehead atoms. The number of aryl methyl sites for hydroxylation is 1. The number of benzene rings is 1. The summed E-state index contributed by atoms with van der Waals surface area (Å²) in [5.74, 6) is -0.0436. The van der Waals surface area contributed by atoms with E-state index in [9.17, 15) is 9.59 Å². The molecule has 146 valence electrons. The fourth-order valence-corrected chi connectivity index (χ4v) is 3.97. The Balaban J connectivity index is 1.62. The van der Waals surface area contributed by atoms with Gasteiger partial charge in [-0.2, -0.15) is 0 Å². The number of carbonyl (C=O) groups excluding carboxylic acids is 2. The van der Waals surface area contributed by atoms with Gasteiger partial charge in [0.1, 0.15) is 0 Å². The Morgan fingerprint density at radius 3 is 3.04 bits per heavy atom. The Hall–Kier alpha value is -2.84. The third-order valence-electron chi connectivity index (χ3n) is 5.10. The molecule has 1 aliphatic rings. The molecule has 8 nitrogen and oxygen atoms in total. The van der Waals surface area contributed by atoms with Crippen LogP contribution in [0.25, 0.3) is 10.9 Å². The first-order chi connectivity index (χ1) is 13.5. The molecule has 3 heterocycles. The molecular weight excluding hydrogens is 382 g/mol. The summed E-state index contributed by atoms with van der Waals surface area (Å²) >= 11 is 6.15. The highest BCUT2D eigenvalue weighted by molar-refractivity contribution is 6.31. The van der Waals surface area contributed by atoms with Crippen LogP contribution in [0.4, 0.5) is 5.82 Å². The minimum Gasteiger partial charge on any atom is -0.439 e. The molecule has 4 rings (SSSR count). The molecule has 3 aromatic rings. The van der Waals surface area contributed by atoms with Crippen molar-refractivity contribution in [1.29, 1.82) is 0 Å². The van der Waals surface area contributed by atoms with Crippen LogP contribution >= 0.6 is 11.6 Å². The van der Waals surface area contributed by atoms with Crippen LogP contribution in [0.1, 0.15) is 24.2 Å². The molecule has 1 amide bonds. The first-order valence-electron chi connectivity index (χ1n) is 8.91. The molecule has 9 heteroatoms. The Morgan fingerprint density at radius 1 is 1.50 bits per heavy atom. The number of amides is 1. The zero-order chi connectivity index (χ0) is 19.8. The lowest BCUT2D eigenvalue weighted by Gasteiger charge is -2.37. The number of halogens is 1. The van der Waals surface area contributed by atoms with E-state index in [-0.39, 0.29) is 6.04 Å². The van der Waals surface area contributed by atoms with Gasteiger partial charge in [-0.25, -0.2) is 4.98 Å². The van der Waals surface area contributed by atoms with E-state index in [1.807, 2.05) is 30.0 Å². The molecule has 2 unspecified atom stereocenters. The third-order valence-corrected chi connectivity index (χ3v) is 5.34.